The highest BCUT2D eigenvalue weighted by molar-refractivity contribution is 7.92. The number of sulfonamides is 1. The van der Waals surface area contributed by atoms with Crippen molar-refractivity contribution in [2.24, 2.45) is 0 Å². The number of nitrogens with zero attached hydrogens (tertiary/aromatic N) is 1. The van der Waals surface area contributed by atoms with Crippen molar-refractivity contribution in [3.8, 4) is 5.75 Å². The Labute approximate surface area is 195 Å². The van der Waals surface area contributed by atoms with Gasteiger partial charge in [0.25, 0.3) is 10.0 Å². The normalized spacial score (nSPS) is 16.0. The average molecular weight is 474 g/mol. The number of benzene rings is 2. The Hall–Kier alpha value is -2.87. The molecule has 2 aromatic rings. The van der Waals surface area contributed by atoms with Crippen molar-refractivity contribution in [3.63, 3.8) is 0 Å². The zero-order chi connectivity index (χ0) is 24.4. The Balaban J connectivity index is 1.99. The van der Waals surface area contributed by atoms with Crippen LogP contribution in [0.25, 0.3) is 0 Å². The largest absolute Gasteiger partial charge is 0.486 e. The molecule has 0 spiro atoms. The fourth-order valence-corrected chi connectivity index (χ4v) is 5.26. The summed E-state index contributed by atoms with van der Waals surface area (Å²) in [5.41, 5.74) is 1.21. The molecule has 33 heavy (non-hydrogen) atoms. The van der Waals surface area contributed by atoms with Gasteiger partial charge in [-0.3, -0.25) is 9.10 Å². The maximum Gasteiger partial charge on any atom is 0.310 e. The van der Waals surface area contributed by atoms with E-state index < -0.39 is 27.7 Å². The number of rotatable bonds is 7. The van der Waals surface area contributed by atoms with Crippen LogP contribution in [0.3, 0.4) is 0 Å². The zero-order valence-corrected chi connectivity index (χ0v) is 20.6. The number of carbonyl (C=O) groups is 2. The number of fused-ring (bicyclic) bond motifs is 1. The number of hydrogen-bond acceptors (Lipinski definition) is 6. The third kappa shape index (κ3) is 6.35. The van der Waals surface area contributed by atoms with E-state index in [1.807, 2.05) is 13.0 Å². The Bertz CT molecular complexity index is 1150. The van der Waals surface area contributed by atoms with Crippen LogP contribution in [0.5, 0.6) is 5.75 Å². The van der Waals surface area contributed by atoms with Gasteiger partial charge in [-0.05, 0) is 76.4 Å². The molecule has 1 heterocycles. The second-order valence-electron chi connectivity index (χ2n) is 9.40. The Morgan fingerprint density at radius 2 is 1.88 bits per heavy atom. The number of ether oxygens (including phenoxy) is 2. The van der Waals surface area contributed by atoms with E-state index in [4.69, 9.17) is 9.47 Å². The molecule has 0 unspecified atom stereocenters. The maximum absolute atomic E-state index is 13.6. The number of Topliss-reactive ketones (excluding diaryl/α,β-unsaturated/α-hetero) is 1. The maximum atomic E-state index is 13.6. The van der Waals surface area contributed by atoms with E-state index in [0.717, 1.165) is 5.56 Å². The van der Waals surface area contributed by atoms with Gasteiger partial charge in [0.05, 0.1) is 23.5 Å². The lowest BCUT2D eigenvalue weighted by Crippen LogP contribution is -2.43. The molecular formula is C25H31NO6S. The van der Waals surface area contributed by atoms with Gasteiger partial charge in [-0.15, -0.1) is 0 Å². The molecule has 1 aliphatic rings. The monoisotopic (exact) mass is 473 g/mol. The number of anilines is 1. The quantitative estimate of drug-likeness (QED) is 0.560. The molecule has 0 radical (unpaired) electrons. The zero-order valence-electron chi connectivity index (χ0n) is 19.8. The average Bonchev–Trinajstić information content (AvgIpc) is 2.70. The molecule has 7 nitrogen and oxygen atoms in total. The summed E-state index contributed by atoms with van der Waals surface area (Å²) in [4.78, 5) is 24.0. The standard InChI is InChI=1S/C25H31NO6S/c1-17-7-6-8-21(13-17)33(29,30)26-16-20(11-9-18(2)27)31-23-12-10-19(14-22(23)26)15-24(28)32-25(3,4)5/h6-8,10,12-14,20H,9,11,15-16H2,1-5H3/t20-/m0/s1. The Morgan fingerprint density at radius 1 is 1.15 bits per heavy atom. The minimum Gasteiger partial charge on any atom is -0.486 e. The SMILES string of the molecule is CC(=O)CC[C@H]1CN(S(=O)(=O)c2cccc(C)c2)c2cc(CC(=O)OC(C)(C)C)ccc2O1. The summed E-state index contributed by atoms with van der Waals surface area (Å²) in [6.45, 7) is 8.79. The van der Waals surface area contributed by atoms with Gasteiger partial charge in [-0.2, -0.15) is 0 Å². The minimum atomic E-state index is -3.89. The highest BCUT2D eigenvalue weighted by Crippen LogP contribution is 2.39. The molecule has 0 bridgehead atoms. The number of esters is 1. The molecule has 0 aliphatic carbocycles. The van der Waals surface area contributed by atoms with Gasteiger partial charge < -0.3 is 14.3 Å². The van der Waals surface area contributed by atoms with E-state index in [-0.39, 0.29) is 23.6 Å². The van der Waals surface area contributed by atoms with Crippen molar-refractivity contribution in [1.29, 1.82) is 0 Å². The van der Waals surface area contributed by atoms with Gasteiger partial charge >= 0.3 is 5.97 Å². The molecule has 0 N–H and O–H groups in total. The molecule has 178 valence electrons. The van der Waals surface area contributed by atoms with Crippen LogP contribution in [-0.4, -0.2) is 38.4 Å². The van der Waals surface area contributed by atoms with Gasteiger partial charge in [0.2, 0.25) is 0 Å². The fraction of sp³-hybridized carbons (Fsp3) is 0.440. The molecule has 8 heteroatoms. The third-order valence-electron chi connectivity index (χ3n) is 5.12. The van der Waals surface area contributed by atoms with Crippen LogP contribution in [0.15, 0.2) is 47.4 Å². The van der Waals surface area contributed by atoms with E-state index in [1.54, 1.807) is 57.2 Å². The number of carbonyl (C=O) groups excluding carboxylic acids is 2. The van der Waals surface area contributed by atoms with Crippen LogP contribution in [0.2, 0.25) is 0 Å². The topological polar surface area (TPSA) is 90.0 Å². The smallest absolute Gasteiger partial charge is 0.310 e. The van der Waals surface area contributed by atoms with Crippen molar-refractivity contribution >= 4 is 27.5 Å². The Kier molecular flexibility index (Phi) is 7.17. The van der Waals surface area contributed by atoms with E-state index in [2.05, 4.69) is 0 Å². The lowest BCUT2D eigenvalue weighted by atomic mass is 10.1. The van der Waals surface area contributed by atoms with Crippen LogP contribution < -0.4 is 9.04 Å². The molecule has 0 saturated heterocycles. The highest BCUT2D eigenvalue weighted by Gasteiger charge is 2.35. The van der Waals surface area contributed by atoms with Crippen LogP contribution in [-0.2, 0) is 30.8 Å². The Morgan fingerprint density at radius 3 is 2.52 bits per heavy atom. The lowest BCUT2D eigenvalue weighted by Gasteiger charge is -2.36. The van der Waals surface area contributed by atoms with Crippen LogP contribution in [0.1, 0.15) is 51.7 Å². The van der Waals surface area contributed by atoms with Crippen molar-refractivity contribution in [2.75, 3.05) is 10.8 Å². The van der Waals surface area contributed by atoms with Crippen molar-refractivity contribution in [1.82, 2.24) is 0 Å². The predicted molar refractivity (Wildman–Crippen MR) is 126 cm³/mol. The molecule has 2 aromatic carbocycles. The van der Waals surface area contributed by atoms with E-state index in [0.29, 0.717) is 29.8 Å². The van der Waals surface area contributed by atoms with E-state index in [1.165, 1.54) is 11.2 Å². The molecule has 1 aliphatic heterocycles. The van der Waals surface area contributed by atoms with Gasteiger partial charge in [-0.1, -0.05) is 18.2 Å². The predicted octanol–water partition coefficient (Wildman–Crippen LogP) is 4.20. The summed E-state index contributed by atoms with van der Waals surface area (Å²) in [6, 6.07) is 11.8. The lowest BCUT2D eigenvalue weighted by molar-refractivity contribution is -0.153. The van der Waals surface area contributed by atoms with Crippen molar-refractivity contribution in [3.05, 3.63) is 53.6 Å². The van der Waals surface area contributed by atoms with Gasteiger partial charge in [0.15, 0.2) is 0 Å². The third-order valence-corrected chi connectivity index (χ3v) is 6.90. The summed E-state index contributed by atoms with van der Waals surface area (Å²) in [5, 5.41) is 0. The fourth-order valence-electron chi connectivity index (χ4n) is 3.66. The molecule has 0 fully saturated rings. The highest BCUT2D eigenvalue weighted by atomic mass is 32.2. The summed E-state index contributed by atoms with van der Waals surface area (Å²) in [7, 11) is -3.89. The molecular weight excluding hydrogens is 442 g/mol. The molecule has 1 atom stereocenters. The number of hydrogen-bond donors (Lipinski definition) is 0. The molecule has 0 aromatic heterocycles. The summed E-state index contributed by atoms with van der Waals surface area (Å²) >= 11 is 0. The van der Waals surface area contributed by atoms with E-state index >= 15 is 0 Å². The first kappa shape index (κ1) is 24.8. The van der Waals surface area contributed by atoms with E-state index in [9.17, 15) is 18.0 Å². The van der Waals surface area contributed by atoms with Crippen LogP contribution >= 0.6 is 0 Å². The first-order valence-corrected chi connectivity index (χ1v) is 12.4. The van der Waals surface area contributed by atoms with Crippen LogP contribution in [0, 0.1) is 6.92 Å². The minimum absolute atomic E-state index is 0.0106. The summed E-state index contributed by atoms with van der Waals surface area (Å²) in [6.07, 6.45) is 0.262. The second-order valence-corrected chi connectivity index (χ2v) is 11.3. The second kappa shape index (κ2) is 9.55. The van der Waals surface area contributed by atoms with Gasteiger partial charge in [0, 0.05) is 6.42 Å². The summed E-state index contributed by atoms with van der Waals surface area (Å²) < 4.78 is 40.0. The van der Waals surface area contributed by atoms with Crippen molar-refractivity contribution < 1.29 is 27.5 Å². The molecule has 0 amide bonds. The van der Waals surface area contributed by atoms with Gasteiger partial charge in [0.1, 0.15) is 23.2 Å². The number of aryl methyl sites for hydroxylation is 1. The van der Waals surface area contributed by atoms with Crippen LogP contribution in [0.4, 0.5) is 5.69 Å². The van der Waals surface area contributed by atoms with Gasteiger partial charge in [-0.25, -0.2) is 8.42 Å². The number of ketones is 1. The first-order chi connectivity index (χ1) is 15.3. The van der Waals surface area contributed by atoms with Crippen molar-refractivity contribution in [2.45, 2.75) is 70.5 Å². The first-order valence-electron chi connectivity index (χ1n) is 11.0. The summed E-state index contributed by atoms with van der Waals surface area (Å²) in [5.74, 6) is 0.0239. The molecule has 0 saturated carbocycles. The molecule has 3 rings (SSSR count).